The van der Waals surface area contributed by atoms with Crippen molar-refractivity contribution in [1.29, 1.82) is 0 Å². The molecular formula is C10H14N4O. The maximum Gasteiger partial charge on any atom is 0.124 e. The van der Waals surface area contributed by atoms with Gasteiger partial charge in [-0.25, -0.2) is 4.98 Å². The minimum Gasteiger partial charge on any atom is -0.364 e. The van der Waals surface area contributed by atoms with Crippen LogP contribution in [0.25, 0.3) is 0 Å². The highest BCUT2D eigenvalue weighted by molar-refractivity contribution is 4.93. The quantitative estimate of drug-likeness (QED) is 0.718. The molecule has 2 rings (SSSR count). The fourth-order valence-electron chi connectivity index (χ4n) is 1.35. The van der Waals surface area contributed by atoms with Crippen molar-refractivity contribution in [2.24, 2.45) is 0 Å². The second kappa shape index (κ2) is 5.31. The molecule has 0 bridgehead atoms. The van der Waals surface area contributed by atoms with E-state index >= 15 is 0 Å². The Bertz CT molecular complexity index is 318. The van der Waals surface area contributed by atoms with Gasteiger partial charge in [0.15, 0.2) is 0 Å². The SMILES string of the molecule is c1cn(CCCNCc2ccon2)cn1. The van der Waals surface area contributed by atoms with Crippen molar-refractivity contribution < 1.29 is 4.52 Å². The maximum absolute atomic E-state index is 4.73. The Kier molecular flexibility index (Phi) is 3.51. The molecule has 1 N–H and O–H groups in total. The summed E-state index contributed by atoms with van der Waals surface area (Å²) in [5, 5.41) is 7.11. The summed E-state index contributed by atoms with van der Waals surface area (Å²) >= 11 is 0. The van der Waals surface area contributed by atoms with Crippen molar-refractivity contribution >= 4 is 0 Å². The molecule has 0 radical (unpaired) electrons. The Labute approximate surface area is 88.1 Å². The number of aromatic nitrogens is 3. The zero-order chi connectivity index (χ0) is 10.3. The molecule has 80 valence electrons. The van der Waals surface area contributed by atoms with E-state index in [2.05, 4.69) is 20.0 Å². The van der Waals surface area contributed by atoms with Gasteiger partial charge in [0.2, 0.25) is 0 Å². The molecule has 5 heteroatoms. The molecule has 2 aromatic heterocycles. The summed E-state index contributed by atoms with van der Waals surface area (Å²) in [6.07, 6.45) is 8.26. The van der Waals surface area contributed by atoms with E-state index in [4.69, 9.17) is 4.52 Å². The predicted octanol–water partition coefficient (Wildman–Crippen LogP) is 1.05. The average molecular weight is 206 g/mol. The van der Waals surface area contributed by atoms with E-state index in [1.807, 2.05) is 18.6 Å². The normalized spacial score (nSPS) is 10.7. The lowest BCUT2D eigenvalue weighted by atomic mass is 10.4. The van der Waals surface area contributed by atoms with Crippen molar-refractivity contribution in [3.8, 4) is 0 Å². The first kappa shape index (κ1) is 9.92. The minimum atomic E-state index is 0.764. The maximum atomic E-state index is 4.73. The van der Waals surface area contributed by atoms with Crippen LogP contribution in [0.3, 0.4) is 0 Å². The first-order valence-corrected chi connectivity index (χ1v) is 5.01. The average Bonchev–Trinajstić information content (AvgIpc) is 2.88. The molecule has 0 aliphatic rings. The molecule has 0 fully saturated rings. The molecule has 2 heterocycles. The van der Waals surface area contributed by atoms with Gasteiger partial charge in [0.1, 0.15) is 6.26 Å². The fraction of sp³-hybridized carbons (Fsp3) is 0.400. The summed E-state index contributed by atoms with van der Waals surface area (Å²) in [6.45, 7) is 2.72. The highest BCUT2D eigenvalue weighted by atomic mass is 16.5. The van der Waals surface area contributed by atoms with Gasteiger partial charge in [-0.3, -0.25) is 0 Å². The topological polar surface area (TPSA) is 55.9 Å². The van der Waals surface area contributed by atoms with Crippen LogP contribution in [0.15, 0.2) is 35.6 Å². The number of aryl methyl sites for hydroxylation is 1. The van der Waals surface area contributed by atoms with E-state index in [-0.39, 0.29) is 0 Å². The monoisotopic (exact) mass is 206 g/mol. The summed E-state index contributed by atoms with van der Waals surface area (Å²) in [4.78, 5) is 3.98. The summed E-state index contributed by atoms with van der Waals surface area (Å²) in [6, 6.07) is 1.86. The highest BCUT2D eigenvalue weighted by Crippen LogP contribution is 1.93. The molecule has 5 nitrogen and oxygen atoms in total. The second-order valence-electron chi connectivity index (χ2n) is 3.32. The van der Waals surface area contributed by atoms with Gasteiger partial charge in [0.05, 0.1) is 12.0 Å². The third-order valence-electron chi connectivity index (χ3n) is 2.13. The largest absolute Gasteiger partial charge is 0.364 e. The molecule has 0 aliphatic carbocycles. The van der Waals surface area contributed by atoms with Gasteiger partial charge in [-0.2, -0.15) is 0 Å². The van der Waals surface area contributed by atoms with Gasteiger partial charge in [0, 0.05) is 31.5 Å². The van der Waals surface area contributed by atoms with E-state index in [9.17, 15) is 0 Å². The highest BCUT2D eigenvalue weighted by Gasteiger charge is 1.95. The third kappa shape index (κ3) is 3.21. The molecule has 0 saturated heterocycles. The summed E-state index contributed by atoms with van der Waals surface area (Å²) in [5.74, 6) is 0. The molecule has 0 saturated carbocycles. The van der Waals surface area contributed by atoms with Crippen LogP contribution < -0.4 is 5.32 Å². The predicted molar refractivity (Wildman–Crippen MR) is 55.1 cm³/mol. The van der Waals surface area contributed by atoms with Crippen molar-refractivity contribution in [2.45, 2.75) is 19.5 Å². The number of hydrogen-bond acceptors (Lipinski definition) is 4. The molecule has 0 unspecified atom stereocenters. The van der Waals surface area contributed by atoms with Crippen LogP contribution in [0.2, 0.25) is 0 Å². The van der Waals surface area contributed by atoms with E-state index in [1.165, 1.54) is 0 Å². The zero-order valence-corrected chi connectivity index (χ0v) is 8.47. The van der Waals surface area contributed by atoms with Gasteiger partial charge < -0.3 is 14.4 Å². The van der Waals surface area contributed by atoms with Gasteiger partial charge >= 0.3 is 0 Å². The Hall–Kier alpha value is -1.62. The van der Waals surface area contributed by atoms with Crippen molar-refractivity contribution in [3.05, 3.63) is 36.7 Å². The van der Waals surface area contributed by atoms with Gasteiger partial charge in [-0.15, -0.1) is 0 Å². The van der Waals surface area contributed by atoms with Gasteiger partial charge in [-0.05, 0) is 13.0 Å². The summed E-state index contributed by atoms with van der Waals surface area (Å²) in [7, 11) is 0. The molecule has 0 atom stereocenters. The van der Waals surface area contributed by atoms with Crippen molar-refractivity contribution in [1.82, 2.24) is 20.0 Å². The van der Waals surface area contributed by atoms with E-state index in [0.717, 1.165) is 31.7 Å². The first-order chi connectivity index (χ1) is 7.45. The fourth-order valence-corrected chi connectivity index (χ4v) is 1.35. The lowest BCUT2D eigenvalue weighted by molar-refractivity contribution is 0.408. The van der Waals surface area contributed by atoms with E-state index in [1.54, 1.807) is 12.5 Å². The molecule has 0 aromatic carbocycles. The molecule has 0 aliphatic heterocycles. The molecule has 2 aromatic rings. The lowest BCUT2D eigenvalue weighted by Crippen LogP contribution is -2.16. The van der Waals surface area contributed by atoms with Crippen LogP contribution in [-0.4, -0.2) is 21.3 Å². The van der Waals surface area contributed by atoms with E-state index in [0.29, 0.717) is 0 Å². The minimum absolute atomic E-state index is 0.764. The van der Waals surface area contributed by atoms with Gasteiger partial charge in [0.25, 0.3) is 0 Å². The molecule has 15 heavy (non-hydrogen) atoms. The Morgan fingerprint density at radius 2 is 2.47 bits per heavy atom. The van der Waals surface area contributed by atoms with Crippen molar-refractivity contribution in [3.63, 3.8) is 0 Å². The van der Waals surface area contributed by atoms with E-state index < -0.39 is 0 Å². The zero-order valence-electron chi connectivity index (χ0n) is 8.47. The Balaban J connectivity index is 1.56. The number of nitrogens with one attached hydrogen (secondary N) is 1. The Morgan fingerprint density at radius 3 is 3.20 bits per heavy atom. The standard InChI is InChI=1S/C10H14N4O/c1(5-14-6-4-12-9-14)3-11-8-10-2-7-15-13-10/h2,4,6-7,9,11H,1,3,5,8H2. The lowest BCUT2D eigenvalue weighted by Gasteiger charge is -2.03. The molecule has 0 amide bonds. The number of imidazole rings is 1. The van der Waals surface area contributed by atoms with Crippen LogP contribution >= 0.6 is 0 Å². The Morgan fingerprint density at radius 1 is 1.47 bits per heavy atom. The second-order valence-corrected chi connectivity index (χ2v) is 3.32. The summed E-state index contributed by atoms with van der Waals surface area (Å²) in [5.41, 5.74) is 0.942. The number of rotatable bonds is 6. The van der Waals surface area contributed by atoms with Crippen LogP contribution in [0.4, 0.5) is 0 Å². The van der Waals surface area contributed by atoms with Crippen LogP contribution in [0, 0.1) is 0 Å². The van der Waals surface area contributed by atoms with Crippen molar-refractivity contribution in [2.75, 3.05) is 6.54 Å². The molecular weight excluding hydrogens is 192 g/mol. The first-order valence-electron chi connectivity index (χ1n) is 5.01. The number of hydrogen-bond donors (Lipinski definition) is 1. The van der Waals surface area contributed by atoms with Crippen LogP contribution in [0.1, 0.15) is 12.1 Å². The smallest absolute Gasteiger partial charge is 0.124 e. The molecule has 0 spiro atoms. The van der Waals surface area contributed by atoms with Gasteiger partial charge in [-0.1, -0.05) is 5.16 Å². The summed E-state index contributed by atoms with van der Waals surface area (Å²) < 4.78 is 6.80. The number of nitrogens with zero attached hydrogens (tertiary/aromatic N) is 3. The van der Waals surface area contributed by atoms with Crippen LogP contribution in [-0.2, 0) is 13.1 Å². The third-order valence-corrected chi connectivity index (χ3v) is 2.13. The van der Waals surface area contributed by atoms with Crippen LogP contribution in [0.5, 0.6) is 0 Å².